The van der Waals surface area contributed by atoms with Crippen LogP contribution in [0.4, 0.5) is 0 Å². The lowest BCUT2D eigenvalue weighted by Crippen LogP contribution is -2.38. The number of carbonyl (C=O) groups is 1. The van der Waals surface area contributed by atoms with E-state index >= 15 is 0 Å². The van der Waals surface area contributed by atoms with Crippen LogP contribution in [0.1, 0.15) is 6.93 Å². The summed E-state index contributed by atoms with van der Waals surface area (Å²) in [5.41, 5.74) is 0.900. The maximum absolute atomic E-state index is 11.0. The van der Waals surface area contributed by atoms with Crippen LogP contribution in [0.3, 0.4) is 0 Å². The lowest BCUT2D eigenvalue weighted by molar-refractivity contribution is -0.122. The molecule has 0 heterocycles. The van der Waals surface area contributed by atoms with Gasteiger partial charge in [-0.3, -0.25) is 0 Å². The fourth-order valence-corrected chi connectivity index (χ4v) is 1.58. The minimum atomic E-state index is -1.17. The van der Waals surface area contributed by atoms with Gasteiger partial charge in [0, 0.05) is 0 Å². The number of rotatable bonds is 8. The molecule has 1 aromatic carbocycles. The van der Waals surface area contributed by atoms with Crippen LogP contribution in [-0.2, 0) is 16.1 Å². The summed E-state index contributed by atoms with van der Waals surface area (Å²) in [6.45, 7) is 0.691. The van der Waals surface area contributed by atoms with Crippen LogP contribution < -0.4 is 0 Å². The second-order valence-corrected chi connectivity index (χ2v) is 3.92. The predicted molar refractivity (Wildman–Crippen MR) is 67.9 cm³/mol. The van der Waals surface area contributed by atoms with Gasteiger partial charge in [0.2, 0.25) is 0 Å². The fraction of sp³-hybridized carbons (Fsp3) is 0.357. The van der Waals surface area contributed by atoms with Gasteiger partial charge in [-0.15, -0.1) is 6.55 Å². The molecular weight excluding hydrogens is 232 g/mol. The van der Waals surface area contributed by atoms with Gasteiger partial charge < -0.3 is 19.7 Å². The summed E-state index contributed by atoms with van der Waals surface area (Å²) in [6.07, 6.45) is -0.124. The quantitative estimate of drug-likeness (QED) is 0.533. The van der Waals surface area contributed by atoms with Crippen molar-refractivity contribution in [3.63, 3.8) is 0 Å². The largest absolute Gasteiger partial charge is 0.394 e. The Bertz CT molecular complexity index is 394. The van der Waals surface area contributed by atoms with Gasteiger partial charge in [0.1, 0.15) is 12.4 Å². The highest BCUT2D eigenvalue weighted by Crippen LogP contribution is 2.14. The molecule has 0 aliphatic carbocycles. The Labute approximate surface area is 108 Å². The van der Waals surface area contributed by atoms with Crippen LogP contribution in [0.2, 0.25) is 0 Å². The van der Waals surface area contributed by atoms with E-state index in [0.717, 1.165) is 12.1 Å². The highest BCUT2D eigenvalue weighted by Gasteiger charge is 2.26. The van der Waals surface area contributed by atoms with Gasteiger partial charge in [-0.1, -0.05) is 36.4 Å². The van der Waals surface area contributed by atoms with E-state index in [4.69, 9.17) is 11.2 Å². The molecule has 0 aliphatic heterocycles. The highest BCUT2D eigenvalue weighted by atomic mass is 16.5. The number of benzene rings is 1. The third kappa shape index (κ3) is 4.07. The maximum atomic E-state index is 11.0. The van der Waals surface area contributed by atoms with E-state index in [1.54, 1.807) is 0 Å². The Hall–Kier alpha value is -1.49. The lowest BCUT2D eigenvalue weighted by atomic mass is 9.99. The van der Waals surface area contributed by atoms with Gasteiger partial charge in [-0.05, 0) is 5.56 Å². The first-order valence-electron chi connectivity index (χ1n) is 6.25. The highest BCUT2D eigenvalue weighted by molar-refractivity contribution is 5.57. The number of hydrogen-bond donors (Lipinski definition) is 2. The molecule has 0 saturated heterocycles. The molecular formula is C14H18O4. The average molecular weight is 251 g/mol. The molecule has 0 radical (unpaired) electrons. The Kier molecular flexibility index (Phi) is 5.59. The molecule has 18 heavy (non-hydrogen) atoms. The lowest BCUT2D eigenvalue weighted by Gasteiger charge is -2.25. The molecule has 2 N–H and O–H groups in total. The van der Waals surface area contributed by atoms with E-state index in [9.17, 15) is 9.90 Å². The zero-order valence-corrected chi connectivity index (χ0v) is 9.98. The van der Waals surface area contributed by atoms with Crippen molar-refractivity contribution in [2.24, 2.45) is 5.92 Å². The molecule has 0 spiro atoms. The van der Waals surface area contributed by atoms with Crippen LogP contribution >= 0.6 is 0 Å². The standard InChI is InChI=1S/C14H18O4/c1-2-12(8-15)14(13(17)9-16)18-10-11-6-4-3-5-7-11/h2-8,12-14,16-17H,1,9-10H2/t12-,13+,14-/m0/s1/i1D. The number of ether oxygens (including phenoxy) is 1. The van der Waals surface area contributed by atoms with E-state index in [1.807, 2.05) is 30.3 Å². The second kappa shape index (κ2) is 7.76. The van der Waals surface area contributed by atoms with E-state index in [0.29, 0.717) is 6.29 Å². The minimum absolute atomic E-state index is 0.221. The van der Waals surface area contributed by atoms with Crippen LogP contribution in [0, 0.1) is 5.92 Å². The molecule has 0 bridgehead atoms. The molecule has 0 saturated carbocycles. The van der Waals surface area contributed by atoms with Gasteiger partial charge >= 0.3 is 0 Å². The first-order chi connectivity index (χ1) is 9.22. The SMILES string of the molecule is [2H]C=C[C@@H](C=O)[C@H](OCc1ccccc1)[C@H](O)CO. The van der Waals surface area contributed by atoms with Crippen molar-refractivity contribution in [3.8, 4) is 0 Å². The summed E-state index contributed by atoms with van der Waals surface area (Å²) < 4.78 is 12.5. The molecule has 4 heteroatoms. The van der Waals surface area contributed by atoms with Crippen molar-refractivity contribution < 1.29 is 21.1 Å². The molecule has 98 valence electrons. The summed E-state index contributed by atoms with van der Waals surface area (Å²) in [6, 6.07) is 9.31. The average Bonchev–Trinajstić information content (AvgIpc) is 2.46. The summed E-state index contributed by atoms with van der Waals surface area (Å²) in [5.74, 6) is -0.761. The molecule has 4 nitrogen and oxygen atoms in total. The first-order valence-corrected chi connectivity index (χ1v) is 5.67. The van der Waals surface area contributed by atoms with Crippen LogP contribution in [0.15, 0.2) is 43.0 Å². The summed E-state index contributed by atoms with van der Waals surface area (Å²) in [4.78, 5) is 11.0. The predicted octanol–water partition coefficient (Wildman–Crippen LogP) is 0.926. The fourth-order valence-electron chi connectivity index (χ4n) is 1.58. The van der Waals surface area contributed by atoms with E-state index in [2.05, 4.69) is 0 Å². The van der Waals surface area contributed by atoms with Crippen LogP contribution in [0.5, 0.6) is 0 Å². The smallest absolute Gasteiger partial charge is 0.129 e. The van der Waals surface area contributed by atoms with Crippen molar-refractivity contribution >= 4 is 6.29 Å². The van der Waals surface area contributed by atoms with E-state index in [1.165, 1.54) is 6.08 Å². The third-order valence-electron chi connectivity index (χ3n) is 2.61. The summed E-state index contributed by atoms with van der Waals surface area (Å²) >= 11 is 0. The van der Waals surface area contributed by atoms with Crippen molar-refractivity contribution in [2.75, 3.05) is 6.61 Å². The van der Waals surface area contributed by atoms with Gasteiger partial charge in [0.05, 0.1) is 26.6 Å². The molecule has 0 aliphatic rings. The Morgan fingerprint density at radius 3 is 2.72 bits per heavy atom. The monoisotopic (exact) mass is 251 g/mol. The number of carbonyl (C=O) groups excluding carboxylic acids is 1. The minimum Gasteiger partial charge on any atom is -0.394 e. The first kappa shape index (κ1) is 13.0. The van der Waals surface area contributed by atoms with Gasteiger partial charge in [0.25, 0.3) is 0 Å². The molecule has 0 amide bonds. The number of aliphatic hydroxyl groups excluding tert-OH is 2. The van der Waals surface area contributed by atoms with E-state index < -0.39 is 24.7 Å². The van der Waals surface area contributed by atoms with E-state index in [-0.39, 0.29) is 6.61 Å². The Morgan fingerprint density at radius 1 is 1.44 bits per heavy atom. The van der Waals surface area contributed by atoms with Crippen molar-refractivity contribution in [2.45, 2.75) is 18.8 Å². The van der Waals surface area contributed by atoms with Crippen molar-refractivity contribution in [3.05, 3.63) is 48.5 Å². The number of aliphatic hydroxyl groups is 2. The third-order valence-corrected chi connectivity index (χ3v) is 2.61. The van der Waals surface area contributed by atoms with Crippen LogP contribution in [0.25, 0.3) is 0 Å². The molecule has 0 unspecified atom stereocenters. The zero-order chi connectivity index (χ0) is 14.1. The topological polar surface area (TPSA) is 66.8 Å². The van der Waals surface area contributed by atoms with Crippen molar-refractivity contribution in [1.29, 1.82) is 0 Å². The molecule has 1 aromatic rings. The van der Waals surface area contributed by atoms with Gasteiger partial charge in [-0.2, -0.15) is 0 Å². The molecule has 3 atom stereocenters. The molecule has 0 fully saturated rings. The molecule has 1 rings (SSSR count). The van der Waals surface area contributed by atoms with Gasteiger partial charge in [-0.25, -0.2) is 0 Å². The zero-order valence-electron chi connectivity index (χ0n) is 11.0. The maximum Gasteiger partial charge on any atom is 0.129 e. The van der Waals surface area contributed by atoms with Crippen LogP contribution in [-0.4, -0.2) is 35.3 Å². The molecule has 0 aromatic heterocycles. The Morgan fingerprint density at radius 2 is 2.17 bits per heavy atom. The second-order valence-electron chi connectivity index (χ2n) is 3.92. The van der Waals surface area contributed by atoms with Gasteiger partial charge in [0.15, 0.2) is 0 Å². The summed E-state index contributed by atoms with van der Waals surface area (Å²) in [5, 5.41) is 18.7. The normalized spacial score (nSPS) is 17.1. The number of hydrogen-bond acceptors (Lipinski definition) is 4. The van der Waals surface area contributed by atoms with Crippen molar-refractivity contribution in [1.82, 2.24) is 0 Å². The Balaban J connectivity index is 2.71. The summed E-state index contributed by atoms with van der Waals surface area (Å²) in [7, 11) is 0. The number of aldehydes is 1.